The second-order valence-corrected chi connectivity index (χ2v) is 8.05. The van der Waals surface area contributed by atoms with E-state index in [1.165, 1.54) is 36.0 Å². The molecule has 0 unspecified atom stereocenters. The maximum atomic E-state index is 13.3. The minimum Gasteiger partial charge on any atom is -0.216 e. The fourth-order valence-electron chi connectivity index (χ4n) is 3.14. The SMILES string of the molecule is Cc1nc2nc(SCc3cccc(F)c3)nn2c(C)c1Cc1ccc(F)cc1Cl. The van der Waals surface area contributed by atoms with Crippen LogP contribution in [-0.2, 0) is 12.2 Å². The van der Waals surface area contributed by atoms with Crippen molar-refractivity contribution in [2.24, 2.45) is 0 Å². The van der Waals surface area contributed by atoms with Crippen LogP contribution in [0.5, 0.6) is 0 Å². The van der Waals surface area contributed by atoms with Gasteiger partial charge in [-0.05, 0) is 54.8 Å². The molecular formula is C21H17ClF2N4S. The molecule has 0 radical (unpaired) electrons. The molecule has 4 rings (SSSR count). The molecule has 0 aliphatic rings. The van der Waals surface area contributed by atoms with Crippen molar-refractivity contribution in [2.45, 2.75) is 31.2 Å². The standard InChI is InChI=1S/C21H17ClF2N4S/c1-12-18(9-15-6-7-17(24)10-19(15)22)13(2)28-20(25-12)26-21(27-28)29-11-14-4-3-5-16(23)8-14/h3-8,10H,9,11H2,1-2H3. The summed E-state index contributed by atoms with van der Waals surface area (Å²) in [5.41, 5.74) is 4.38. The van der Waals surface area contributed by atoms with E-state index in [4.69, 9.17) is 11.6 Å². The van der Waals surface area contributed by atoms with Crippen LogP contribution < -0.4 is 0 Å². The van der Waals surface area contributed by atoms with Crippen LogP contribution in [0.15, 0.2) is 47.6 Å². The summed E-state index contributed by atoms with van der Waals surface area (Å²) in [6, 6.07) is 10.9. The molecule has 2 aromatic heterocycles. The van der Waals surface area contributed by atoms with Gasteiger partial charge in [0, 0.05) is 28.6 Å². The summed E-state index contributed by atoms with van der Waals surface area (Å²) in [4.78, 5) is 9.05. The highest BCUT2D eigenvalue weighted by molar-refractivity contribution is 7.98. The molecule has 0 saturated heterocycles. The van der Waals surface area contributed by atoms with Crippen LogP contribution in [0.1, 0.15) is 28.1 Å². The number of nitrogens with zero attached hydrogens (tertiary/aromatic N) is 4. The van der Waals surface area contributed by atoms with E-state index in [-0.39, 0.29) is 11.6 Å². The van der Waals surface area contributed by atoms with Gasteiger partial charge in [0.15, 0.2) is 0 Å². The van der Waals surface area contributed by atoms with Crippen LogP contribution in [-0.4, -0.2) is 19.6 Å². The maximum absolute atomic E-state index is 13.3. The lowest BCUT2D eigenvalue weighted by atomic mass is 10.0. The Balaban J connectivity index is 1.62. The van der Waals surface area contributed by atoms with E-state index in [1.807, 2.05) is 19.9 Å². The molecule has 0 amide bonds. The first-order valence-electron chi connectivity index (χ1n) is 8.95. The average molecular weight is 431 g/mol. The van der Waals surface area contributed by atoms with Gasteiger partial charge in [-0.3, -0.25) is 0 Å². The number of fused-ring (bicyclic) bond motifs is 1. The molecule has 29 heavy (non-hydrogen) atoms. The molecule has 2 heterocycles. The summed E-state index contributed by atoms with van der Waals surface area (Å²) in [5, 5.41) is 5.50. The van der Waals surface area contributed by atoms with E-state index >= 15 is 0 Å². The molecule has 0 aliphatic heterocycles. The monoisotopic (exact) mass is 430 g/mol. The van der Waals surface area contributed by atoms with Gasteiger partial charge in [0.2, 0.25) is 5.16 Å². The number of hydrogen-bond donors (Lipinski definition) is 0. The lowest BCUT2D eigenvalue weighted by Crippen LogP contribution is -2.06. The Hall–Kier alpha value is -2.51. The minimum absolute atomic E-state index is 0.261. The zero-order chi connectivity index (χ0) is 20.5. The highest BCUT2D eigenvalue weighted by Crippen LogP contribution is 2.25. The van der Waals surface area contributed by atoms with Crippen LogP contribution in [0, 0.1) is 25.5 Å². The predicted octanol–water partition coefficient (Wildman–Crippen LogP) is 5.56. The average Bonchev–Trinajstić information content (AvgIpc) is 3.08. The van der Waals surface area contributed by atoms with Crippen molar-refractivity contribution in [3.63, 3.8) is 0 Å². The first kappa shape index (κ1) is 19.8. The number of thioether (sulfide) groups is 1. The molecular weight excluding hydrogens is 414 g/mol. The Morgan fingerprint density at radius 2 is 1.83 bits per heavy atom. The quantitative estimate of drug-likeness (QED) is 0.389. The largest absolute Gasteiger partial charge is 0.253 e. The maximum Gasteiger partial charge on any atom is 0.253 e. The Kier molecular flexibility index (Phi) is 5.52. The molecule has 0 aliphatic carbocycles. The number of halogens is 3. The number of aromatic nitrogens is 4. The van der Waals surface area contributed by atoms with Gasteiger partial charge in [0.1, 0.15) is 11.6 Å². The normalized spacial score (nSPS) is 11.3. The fourth-order valence-corrected chi connectivity index (χ4v) is 4.13. The highest BCUT2D eigenvalue weighted by atomic mass is 35.5. The van der Waals surface area contributed by atoms with E-state index in [9.17, 15) is 8.78 Å². The molecule has 4 nitrogen and oxygen atoms in total. The molecule has 148 valence electrons. The summed E-state index contributed by atoms with van der Waals surface area (Å²) >= 11 is 7.62. The molecule has 0 N–H and O–H groups in total. The van der Waals surface area contributed by atoms with Crippen LogP contribution in [0.4, 0.5) is 8.78 Å². The smallest absolute Gasteiger partial charge is 0.216 e. The third-order valence-electron chi connectivity index (χ3n) is 4.67. The molecule has 0 fully saturated rings. The Bertz CT molecular complexity index is 1210. The summed E-state index contributed by atoms with van der Waals surface area (Å²) in [6.07, 6.45) is 0.519. The molecule has 0 atom stereocenters. The van der Waals surface area contributed by atoms with Gasteiger partial charge in [-0.1, -0.05) is 41.6 Å². The minimum atomic E-state index is -0.364. The Labute approximate surface area is 176 Å². The number of rotatable bonds is 5. The van der Waals surface area contributed by atoms with Gasteiger partial charge in [0.25, 0.3) is 5.78 Å². The van der Waals surface area contributed by atoms with Crippen molar-refractivity contribution >= 4 is 29.1 Å². The third-order valence-corrected chi connectivity index (χ3v) is 5.93. The van der Waals surface area contributed by atoms with Crippen LogP contribution in [0.25, 0.3) is 5.78 Å². The topological polar surface area (TPSA) is 43.1 Å². The van der Waals surface area contributed by atoms with Gasteiger partial charge in [-0.2, -0.15) is 4.98 Å². The van der Waals surface area contributed by atoms with Crippen LogP contribution in [0.2, 0.25) is 5.02 Å². The first-order valence-corrected chi connectivity index (χ1v) is 10.3. The zero-order valence-corrected chi connectivity index (χ0v) is 17.4. The van der Waals surface area contributed by atoms with E-state index in [1.54, 1.807) is 16.6 Å². The molecule has 0 saturated carbocycles. The third kappa shape index (κ3) is 4.26. The zero-order valence-electron chi connectivity index (χ0n) is 15.8. The molecule has 2 aromatic carbocycles. The van der Waals surface area contributed by atoms with E-state index in [0.717, 1.165) is 28.1 Å². The van der Waals surface area contributed by atoms with Gasteiger partial charge in [0.05, 0.1) is 0 Å². The molecule has 0 bridgehead atoms. The van der Waals surface area contributed by atoms with Crippen molar-refractivity contribution in [1.29, 1.82) is 0 Å². The lowest BCUT2D eigenvalue weighted by Gasteiger charge is -2.11. The van der Waals surface area contributed by atoms with Crippen LogP contribution >= 0.6 is 23.4 Å². The second kappa shape index (κ2) is 8.08. The van der Waals surface area contributed by atoms with E-state index in [0.29, 0.717) is 28.1 Å². The molecule has 0 spiro atoms. The summed E-state index contributed by atoms with van der Waals surface area (Å²) in [5.74, 6) is 0.445. The van der Waals surface area contributed by atoms with E-state index in [2.05, 4.69) is 15.1 Å². The number of aryl methyl sites for hydroxylation is 2. The summed E-state index contributed by atoms with van der Waals surface area (Å²) in [6.45, 7) is 3.86. The summed E-state index contributed by atoms with van der Waals surface area (Å²) < 4.78 is 28.4. The number of hydrogen-bond acceptors (Lipinski definition) is 4. The van der Waals surface area contributed by atoms with Crippen LogP contribution in [0.3, 0.4) is 0 Å². The van der Waals surface area contributed by atoms with Crippen molar-refractivity contribution in [3.05, 3.63) is 87.2 Å². The highest BCUT2D eigenvalue weighted by Gasteiger charge is 2.15. The van der Waals surface area contributed by atoms with Gasteiger partial charge in [-0.15, -0.1) is 5.10 Å². The summed E-state index contributed by atoms with van der Waals surface area (Å²) in [7, 11) is 0. The van der Waals surface area contributed by atoms with Gasteiger partial charge in [-0.25, -0.2) is 18.3 Å². The fraction of sp³-hybridized carbons (Fsp3) is 0.190. The predicted molar refractivity (Wildman–Crippen MR) is 110 cm³/mol. The molecule has 4 aromatic rings. The lowest BCUT2D eigenvalue weighted by molar-refractivity contribution is 0.626. The van der Waals surface area contributed by atoms with Crippen molar-refractivity contribution < 1.29 is 8.78 Å². The van der Waals surface area contributed by atoms with E-state index < -0.39 is 0 Å². The van der Waals surface area contributed by atoms with Crippen molar-refractivity contribution in [2.75, 3.05) is 0 Å². The Morgan fingerprint density at radius 1 is 1.03 bits per heavy atom. The number of benzene rings is 2. The second-order valence-electron chi connectivity index (χ2n) is 6.70. The van der Waals surface area contributed by atoms with Crippen molar-refractivity contribution in [3.8, 4) is 0 Å². The Morgan fingerprint density at radius 3 is 2.59 bits per heavy atom. The molecule has 8 heteroatoms. The first-order chi connectivity index (χ1) is 13.9. The van der Waals surface area contributed by atoms with Crippen molar-refractivity contribution in [1.82, 2.24) is 19.6 Å². The van der Waals surface area contributed by atoms with Gasteiger partial charge < -0.3 is 0 Å². The van der Waals surface area contributed by atoms with Gasteiger partial charge >= 0.3 is 0 Å².